The van der Waals surface area contributed by atoms with Crippen molar-refractivity contribution in [2.45, 2.75) is 78.1 Å². The molecule has 1 aromatic carbocycles. The van der Waals surface area contributed by atoms with E-state index in [1.165, 1.54) is 44.9 Å². The number of carbonyl (C=O) groups is 2. The molecule has 25 heavy (non-hydrogen) atoms. The van der Waals surface area contributed by atoms with Gasteiger partial charge in [-0.15, -0.1) is 0 Å². The summed E-state index contributed by atoms with van der Waals surface area (Å²) in [6.07, 6.45) is 11.8. The van der Waals surface area contributed by atoms with E-state index in [1.807, 2.05) is 6.92 Å². The first kappa shape index (κ1) is 21.2. The van der Waals surface area contributed by atoms with Crippen LogP contribution in [0.2, 0.25) is 0 Å². The number of hydrogen-bond donors (Lipinski definition) is 2. The molecule has 0 bridgehead atoms. The fraction of sp³-hybridized carbons (Fsp3) is 0.619. The zero-order valence-corrected chi connectivity index (χ0v) is 15.9. The Morgan fingerprint density at radius 1 is 0.800 bits per heavy atom. The number of carbonyl (C=O) groups excluding carboxylic acids is 2. The molecule has 1 aromatic rings. The van der Waals surface area contributed by atoms with E-state index in [2.05, 4.69) is 17.6 Å². The maximum absolute atomic E-state index is 12.0. The molecule has 2 amide bonds. The maximum Gasteiger partial charge on any atom is 0.251 e. The largest absolute Gasteiger partial charge is 0.352 e. The fourth-order valence-electron chi connectivity index (χ4n) is 2.79. The zero-order chi connectivity index (χ0) is 18.3. The van der Waals surface area contributed by atoms with E-state index < -0.39 is 0 Å². The minimum atomic E-state index is -0.0879. The molecule has 4 nitrogen and oxygen atoms in total. The molecule has 0 heterocycles. The SMILES string of the molecule is CCCCCCCCCCCC(=O)Nc1ccc(C(=O)NCC)cc1. The van der Waals surface area contributed by atoms with Crippen LogP contribution in [0.3, 0.4) is 0 Å². The highest BCUT2D eigenvalue weighted by atomic mass is 16.2. The van der Waals surface area contributed by atoms with Crippen molar-refractivity contribution in [3.63, 3.8) is 0 Å². The summed E-state index contributed by atoms with van der Waals surface area (Å²) >= 11 is 0. The summed E-state index contributed by atoms with van der Waals surface area (Å²) in [5.74, 6) is -0.0382. The number of nitrogens with one attached hydrogen (secondary N) is 2. The zero-order valence-electron chi connectivity index (χ0n) is 15.9. The van der Waals surface area contributed by atoms with Crippen molar-refractivity contribution in [1.82, 2.24) is 5.32 Å². The molecule has 0 aromatic heterocycles. The molecular formula is C21H34N2O2. The lowest BCUT2D eigenvalue weighted by molar-refractivity contribution is -0.116. The Kier molecular flexibility index (Phi) is 11.4. The predicted octanol–water partition coefficient (Wildman–Crippen LogP) is 5.30. The molecule has 0 aliphatic carbocycles. The Morgan fingerprint density at radius 3 is 1.92 bits per heavy atom. The van der Waals surface area contributed by atoms with E-state index in [1.54, 1.807) is 24.3 Å². The normalized spacial score (nSPS) is 10.5. The third-order valence-corrected chi connectivity index (χ3v) is 4.28. The molecule has 0 fully saturated rings. The maximum atomic E-state index is 12.0. The average Bonchev–Trinajstić information content (AvgIpc) is 2.61. The molecule has 0 radical (unpaired) electrons. The van der Waals surface area contributed by atoms with Crippen LogP contribution in [0, 0.1) is 0 Å². The number of rotatable bonds is 13. The summed E-state index contributed by atoms with van der Waals surface area (Å²) in [7, 11) is 0. The van der Waals surface area contributed by atoms with Crippen molar-refractivity contribution in [3.05, 3.63) is 29.8 Å². The lowest BCUT2D eigenvalue weighted by Crippen LogP contribution is -2.22. The predicted molar refractivity (Wildman–Crippen MR) is 105 cm³/mol. The van der Waals surface area contributed by atoms with Crippen LogP contribution in [0.15, 0.2) is 24.3 Å². The van der Waals surface area contributed by atoms with Gasteiger partial charge in [0.15, 0.2) is 0 Å². The van der Waals surface area contributed by atoms with Crippen molar-refractivity contribution in [2.75, 3.05) is 11.9 Å². The van der Waals surface area contributed by atoms with E-state index in [4.69, 9.17) is 0 Å². The minimum absolute atomic E-state index is 0.0497. The van der Waals surface area contributed by atoms with Gasteiger partial charge in [0.2, 0.25) is 5.91 Å². The van der Waals surface area contributed by atoms with E-state index in [0.717, 1.165) is 18.5 Å². The molecule has 0 saturated heterocycles. The topological polar surface area (TPSA) is 58.2 Å². The van der Waals surface area contributed by atoms with Crippen LogP contribution < -0.4 is 10.6 Å². The number of hydrogen-bond acceptors (Lipinski definition) is 2. The number of unbranched alkanes of at least 4 members (excludes halogenated alkanes) is 8. The van der Waals surface area contributed by atoms with Gasteiger partial charge in [-0.25, -0.2) is 0 Å². The Morgan fingerprint density at radius 2 is 1.36 bits per heavy atom. The summed E-state index contributed by atoms with van der Waals surface area (Å²) in [5.41, 5.74) is 1.35. The Bertz CT molecular complexity index is 497. The van der Waals surface area contributed by atoms with Gasteiger partial charge < -0.3 is 10.6 Å². The molecule has 0 saturated carbocycles. The van der Waals surface area contributed by atoms with E-state index in [-0.39, 0.29) is 11.8 Å². The molecule has 0 spiro atoms. The highest BCUT2D eigenvalue weighted by Gasteiger charge is 2.05. The molecule has 140 valence electrons. The number of benzene rings is 1. The van der Waals surface area contributed by atoms with E-state index >= 15 is 0 Å². The number of amides is 2. The Hall–Kier alpha value is -1.84. The summed E-state index contributed by atoms with van der Waals surface area (Å²) < 4.78 is 0. The van der Waals surface area contributed by atoms with Crippen LogP contribution in [-0.4, -0.2) is 18.4 Å². The van der Waals surface area contributed by atoms with E-state index in [9.17, 15) is 9.59 Å². The molecule has 4 heteroatoms. The van der Waals surface area contributed by atoms with Gasteiger partial charge in [0.1, 0.15) is 0 Å². The summed E-state index contributed by atoms with van der Waals surface area (Å²) in [4.78, 5) is 23.6. The smallest absolute Gasteiger partial charge is 0.251 e. The highest BCUT2D eigenvalue weighted by Crippen LogP contribution is 2.13. The van der Waals surface area contributed by atoms with Crippen molar-refractivity contribution in [1.29, 1.82) is 0 Å². The first-order chi connectivity index (χ1) is 12.2. The average molecular weight is 347 g/mol. The molecule has 0 atom stereocenters. The first-order valence-electron chi connectivity index (χ1n) is 9.85. The van der Waals surface area contributed by atoms with Gasteiger partial charge in [0, 0.05) is 24.2 Å². The molecular weight excluding hydrogens is 312 g/mol. The fourth-order valence-corrected chi connectivity index (χ4v) is 2.79. The van der Waals surface area contributed by atoms with Gasteiger partial charge in [0.05, 0.1) is 0 Å². The second-order valence-corrected chi connectivity index (χ2v) is 6.56. The third-order valence-electron chi connectivity index (χ3n) is 4.28. The van der Waals surface area contributed by atoms with Gasteiger partial charge in [-0.3, -0.25) is 9.59 Å². The molecule has 0 aliphatic heterocycles. The van der Waals surface area contributed by atoms with E-state index in [0.29, 0.717) is 18.5 Å². The Labute approximate surface area is 152 Å². The van der Waals surface area contributed by atoms with Crippen molar-refractivity contribution in [2.24, 2.45) is 0 Å². The minimum Gasteiger partial charge on any atom is -0.352 e. The third kappa shape index (κ3) is 9.90. The van der Waals surface area contributed by atoms with Crippen molar-refractivity contribution in [3.8, 4) is 0 Å². The molecule has 2 N–H and O–H groups in total. The summed E-state index contributed by atoms with van der Waals surface area (Å²) in [5, 5.41) is 5.65. The van der Waals surface area contributed by atoms with Gasteiger partial charge >= 0.3 is 0 Å². The van der Waals surface area contributed by atoms with Crippen LogP contribution in [0.1, 0.15) is 88.4 Å². The monoisotopic (exact) mass is 346 g/mol. The second kappa shape index (κ2) is 13.5. The molecule has 0 unspecified atom stereocenters. The van der Waals surface area contributed by atoms with Crippen molar-refractivity contribution < 1.29 is 9.59 Å². The number of anilines is 1. The van der Waals surface area contributed by atoms with Crippen LogP contribution in [0.4, 0.5) is 5.69 Å². The Balaban J connectivity index is 2.13. The second-order valence-electron chi connectivity index (χ2n) is 6.56. The quantitative estimate of drug-likeness (QED) is 0.476. The van der Waals surface area contributed by atoms with Gasteiger partial charge in [-0.05, 0) is 37.6 Å². The molecule has 0 aliphatic rings. The highest BCUT2D eigenvalue weighted by molar-refractivity contribution is 5.95. The summed E-state index contributed by atoms with van der Waals surface area (Å²) in [6, 6.07) is 7.02. The lowest BCUT2D eigenvalue weighted by atomic mass is 10.1. The van der Waals surface area contributed by atoms with Crippen LogP contribution in [0.5, 0.6) is 0 Å². The first-order valence-corrected chi connectivity index (χ1v) is 9.85. The standard InChI is InChI=1S/C21H34N2O2/c1-3-5-6-7-8-9-10-11-12-13-20(24)23-19-16-14-18(15-17-19)21(25)22-4-2/h14-17H,3-13H2,1-2H3,(H,22,25)(H,23,24). The molecule has 1 rings (SSSR count). The van der Waals surface area contributed by atoms with Crippen LogP contribution in [-0.2, 0) is 4.79 Å². The van der Waals surface area contributed by atoms with Gasteiger partial charge in [0.25, 0.3) is 5.91 Å². The van der Waals surface area contributed by atoms with Gasteiger partial charge in [-0.2, -0.15) is 0 Å². The lowest BCUT2D eigenvalue weighted by Gasteiger charge is -2.07. The van der Waals surface area contributed by atoms with Crippen molar-refractivity contribution >= 4 is 17.5 Å². The van der Waals surface area contributed by atoms with Gasteiger partial charge in [-0.1, -0.05) is 58.3 Å². The van der Waals surface area contributed by atoms with Crippen LogP contribution in [0.25, 0.3) is 0 Å². The van der Waals surface area contributed by atoms with Crippen LogP contribution >= 0.6 is 0 Å². The summed E-state index contributed by atoms with van der Waals surface area (Å²) in [6.45, 7) is 4.73.